The summed E-state index contributed by atoms with van der Waals surface area (Å²) in [6, 6.07) is 5.36. The first kappa shape index (κ1) is 14.2. The van der Waals surface area contributed by atoms with Crippen molar-refractivity contribution in [3.63, 3.8) is 0 Å². The highest BCUT2D eigenvalue weighted by molar-refractivity contribution is 6.04. The molecule has 2 fully saturated rings. The maximum Gasteiger partial charge on any atom is 0.273 e. The van der Waals surface area contributed by atoms with Crippen molar-refractivity contribution < 1.29 is 19.1 Å². The molecule has 4 rings (SSSR count). The number of hydrogen-bond donors (Lipinski definition) is 1. The van der Waals surface area contributed by atoms with Crippen LogP contribution in [0.3, 0.4) is 0 Å². The lowest BCUT2D eigenvalue weighted by Crippen LogP contribution is -2.52. The van der Waals surface area contributed by atoms with Gasteiger partial charge in [0.25, 0.3) is 5.91 Å². The molecule has 0 spiro atoms. The summed E-state index contributed by atoms with van der Waals surface area (Å²) in [6.07, 6.45) is 1.28. The highest BCUT2D eigenvalue weighted by Crippen LogP contribution is 2.30. The topological polar surface area (TPSA) is 79.0 Å². The minimum absolute atomic E-state index is 0.130. The molecule has 120 valence electrons. The highest BCUT2D eigenvalue weighted by atomic mass is 16.5. The Kier molecular flexibility index (Phi) is 3.30. The molecule has 0 atom stereocenters. The van der Waals surface area contributed by atoms with Gasteiger partial charge in [0, 0.05) is 25.9 Å². The molecule has 3 amide bonds. The zero-order valence-corrected chi connectivity index (χ0v) is 12.6. The van der Waals surface area contributed by atoms with Crippen LogP contribution >= 0.6 is 0 Å². The summed E-state index contributed by atoms with van der Waals surface area (Å²) >= 11 is 0. The molecule has 1 aromatic carbocycles. The van der Waals surface area contributed by atoms with Crippen LogP contribution in [0.1, 0.15) is 35.2 Å². The van der Waals surface area contributed by atoms with E-state index >= 15 is 0 Å². The van der Waals surface area contributed by atoms with Crippen LogP contribution in [0.5, 0.6) is 5.75 Å². The summed E-state index contributed by atoms with van der Waals surface area (Å²) in [5.41, 5.74) is 1.31. The van der Waals surface area contributed by atoms with Gasteiger partial charge in [-0.15, -0.1) is 0 Å². The van der Waals surface area contributed by atoms with Crippen molar-refractivity contribution in [2.45, 2.75) is 31.9 Å². The van der Waals surface area contributed by atoms with Gasteiger partial charge in [-0.2, -0.15) is 5.01 Å². The molecule has 0 aliphatic carbocycles. The van der Waals surface area contributed by atoms with Crippen molar-refractivity contribution in [3.05, 3.63) is 29.3 Å². The van der Waals surface area contributed by atoms with E-state index in [0.717, 1.165) is 23.7 Å². The second-order valence-corrected chi connectivity index (χ2v) is 6.03. The minimum atomic E-state index is -0.319. The van der Waals surface area contributed by atoms with E-state index in [1.807, 2.05) is 12.1 Å². The van der Waals surface area contributed by atoms with Gasteiger partial charge in [-0.3, -0.25) is 14.4 Å². The van der Waals surface area contributed by atoms with Crippen LogP contribution in [0.25, 0.3) is 0 Å². The van der Waals surface area contributed by atoms with Gasteiger partial charge in [-0.05, 0) is 24.1 Å². The molecule has 2 saturated heterocycles. The summed E-state index contributed by atoms with van der Waals surface area (Å²) in [5.74, 6) is -0.290. The Hall–Kier alpha value is -2.41. The SMILES string of the molecule is O=C1c2cc(OC3CNC3)ccc2CN1N1C(=O)CCCC1=O. The number of hydrogen-bond acceptors (Lipinski definition) is 5. The standard InChI is InChI=1S/C16H17N3O4/c20-14-2-1-3-15(21)19(14)18-9-10-4-5-11(6-13(10)16(18)22)23-12-7-17-8-12/h4-6,12,17H,1-3,7-9H2. The van der Waals surface area contributed by atoms with Crippen molar-refractivity contribution in [2.24, 2.45) is 0 Å². The number of nitrogens with zero attached hydrogens (tertiary/aromatic N) is 2. The Balaban J connectivity index is 1.57. The smallest absolute Gasteiger partial charge is 0.273 e. The molecule has 1 N–H and O–H groups in total. The number of fused-ring (bicyclic) bond motifs is 1. The van der Waals surface area contributed by atoms with Crippen LogP contribution in [-0.2, 0) is 16.1 Å². The summed E-state index contributed by atoms with van der Waals surface area (Å²) in [7, 11) is 0. The summed E-state index contributed by atoms with van der Waals surface area (Å²) in [4.78, 5) is 36.7. The van der Waals surface area contributed by atoms with Crippen molar-refractivity contribution in [2.75, 3.05) is 13.1 Å². The van der Waals surface area contributed by atoms with E-state index in [9.17, 15) is 14.4 Å². The van der Waals surface area contributed by atoms with Crippen LogP contribution in [0.4, 0.5) is 0 Å². The predicted octanol–water partition coefficient (Wildman–Crippen LogP) is 0.447. The van der Waals surface area contributed by atoms with Crippen LogP contribution in [0, 0.1) is 0 Å². The largest absolute Gasteiger partial charge is 0.488 e. The van der Waals surface area contributed by atoms with Gasteiger partial charge in [-0.1, -0.05) is 6.07 Å². The van der Waals surface area contributed by atoms with Crippen molar-refractivity contribution in [3.8, 4) is 5.75 Å². The van der Waals surface area contributed by atoms with E-state index in [1.165, 1.54) is 5.01 Å². The number of rotatable bonds is 3. The number of nitrogens with one attached hydrogen (secondary N) is 1. The number of ether oxygens (including phenoxy) is 1. The Morgan fingerprint density at radius 2 is 1.83 bits per heavy atom. The monoisotopic (exact) mass is 315 g/mol. The van der Waals surface area contributed by atoms with E-state index in [2.05, 4.69) is 5.32 Å². The Morgan fingerprint density at radius 3 is 2.48 bits per heavy atom. The molecular weight excluding hydrogens is 298 g/mol. The van der Waals surface area contributed by atoms with Gasteiger partial charge in [0.1, 0.15) is 11.9 Å². The summed E-state index contributed by atoms with van der Waals surface area (Å²) in [6.45, 7) is 1.85. The zero-order valence-electron chi connectivity index (χ0n) is 12.6. The van der Waals surface area contributed by atoms with Crippen LogP contribution in [0.15, 0.2) is 18.2 Å². The molecule has 7 nitrogen and oxygen atoms in total. The average Bonchev–Trinajstić information content (AvgIpc) is 2.80. The Morgan fingerprint density at radius 1 is 1.09 bits per heavy atom. The fourth-order valence-electron chi connectivity index (χ4n) is 3.05. The number of benzene rings is 1. The number of amides is 3. The number of carbonyl (C=O) groups excluding carboxylic acids is 3. The highest BCUT2D eigenvalue weighted by Gasteiger charge is 2.39. The molecule has 0 aromatic heterocycles. The van der Waals surface area contributed by atoms with Crippen molar-refractivity contribution in [1.82, 2.24) is 15.3 Å². The van der Waals surface area contributed by atoms with E-state index in [0.29, 0.717) is 30.6 Å². The fraction of sp³-hybridized carbons (Fsp3) is 0.438. The van der Waals surface area contributed by atoms with Gasteiger partial charge < -0.3 is 10.1 Å². The lowest BCUT2D eigenvalue weighted by Gasteiger charge is -2.32. The molecule has 3 heterocycles. The molecular formula is C16H17N3O4. The van der Waals surface area contributed by atoms with Gasteiger partial charge in [0.05, 0.1) is 12.1 Å². The first-order chi connectivity index (χ1) is 11.1. The maximum atomic E-state index is 12.6. The van der Waals surface area contributed by atoms with Gasteiger partial charge in [-0.25, -0.2) is 5.01 Å². The van der Waals surface area contributed by atoms with Crippen LogP contribution in [-0.4, -0.2) is 46.9 Å². The molecule has 3 aliphatic heterocycles. The summed E-state index contributed by atoms with van der Waals surface area (Å²) < 4.78 is 5.77. The number of carbonyl (C=O) groups is 3. The molecule has 0 radical (unpaired) electrons. The molecule has 3 aliphatic rings. The average molecular weight is 315 g/mol. The van der Waals surface area contributed by atoms with E-state index in [-0.39, 0.29) is 30.4 Å². The predicted molar refractivity (Wildman–Crippen MR) is 79.3 cm³/mol. The zero-order chi connectivity index (χ0) is 16.0. The third-order valence-electron chi connectivity index (χ3n) is 4.41. The molecule has 0 saturated carbocycles. The second-order valence-electron chi connectivity index (χ2n) is 6.03. The van der Waals surface area contributed by atoms with Gasteiger partial charge in [0.15, 0.2) is 0 Å². The molecule has 7 heteroatoms. The third-order valence-corrected chi connectivity index (χ3v) is 4.41. The molecule has 1 aromatic rings. The van der Waals surface area contributed by atoms with Crippen molar-refractivity contribution in [1.29, 1.82) is 0 Å². The molecule has 0 unspecified atom stereocenters. The fourth-order valence-corrected chi connectivity index (χ4v) is 3.05. The van der Waals surface area contributed by atoms with E-state index in [1.54, 1.807) is 6.07 Å². The van der Waals surface area contributed by atoms with E-state index < -0.39 is 0 Å². The Labute approximate surface area is 133 Å². The second kappa shape index (κ2) is 5.34. The first-order valence-electron chi connectivity index (χ1n) is 7.81. The third kappa shape index (κ3) is 2.37. The molecule has 0 bridgehead atoms. The van der Waals surface area contributed by atoms with Gasteiger partial charge >= 0.3 is 0 Å². The molecule has 23 heavy (non-hydrogen) atoms. The Bertz CT molecular complexity index is 683. The lowest BCUT2D eigenvalue weighted by molar-refractivity contribution is -0.163. The van der Waals surface area contributed by atoms with Gasteiger partial charge in [0.2, 0.25) is 11.8 Å². The summed E-state index contributed by atoms with van der Waals surface area (Å²) in [5, 5.41) is 5.39. The lowest BCUT2D eigenvalue weighted by atomic mass is 10.1. The quantitative estimate of drug-likeness (QED) is 0.819. The number of hydrazine groups is 1. The number of piperidine rings is 1. The minimum Gasteiger partial charge on any atom is -0.488 e. The van der Waals surface area contributed by atoms with Crippen molar-refractivity contribution >= 4 is 17.7 Å². The van der Waals surface area contributed by atoms with Crippen LogP contribution < -0.4 is 10.1 Å². The first-order valence-corrected chi connectivity index (χ1v) is 7.81. The van der Waals surface area contributed by atoms with E-state index in [4.69, 9.17) is 4.74 Å². The maximum absolute atomic E-state index is 12.6. The van der Waals surface area contributed by atoms with Crippen LogP contribution in [0.2, 0.25) is 0 Å². The number of imide groups is 1. The normalized spacial score (nSPS) is 21.5.